The zero-order valence-electron chi connectivity index (χ0n) is 8.60. The predicted octanol–water partition coefficient (Wildman–Crippen LogP) is 2.09. The molecule has 0 radical (unpaired) electrons. The van der Waals surface area contributed by atoms with E-state index in [1.165, 1.54) is 19.3 Å². The second-order valence-corrected chi connectivity index (χ2v) is 3.34. The van der Waals surface area contributed by atoms with Gasteiger partial charge in [-0.05, 0) is 20.0 Å². The van der Waals surface area contributed by atoms with Crippen molar-refractivity contribution in [3.05, 3.63) is 0 Å². The smallest absolute Gasteiger partial charge is 0.146 e. The van der Waals surface area contributed by atoms with E-state index >= 15 is 0 Å². The van der Waals surface area contributed by atoms with E-state index in [1.54, 1.807) is 0 Å². The number of likely N-dealkylation sites (N-methyl/N-ethyl adjacent to an activating group) is 1. The van der Waals surface area contributed by atoms with Crippen molar-refractivity contribution in [2.75, 3.05) is 20.1 Å². The molecule has 0 saturated heterocycles. The Morgan fingerprint density at radius 1 is 1.25 bits per heavy atom. The second kappa shape index (κ2) is 7.29. The lowest BCUT2D eigenvalue weighted by Crippen LogP contribution is -2.26. The third-order valence-electron chi connectivity index (χ3n) is 1.98. The number of unbranched alkanes of at least 4 members (excludes halogenated alkanes) is 2. The SMILES string of the molecule is CCCCCN(C)CC(=O)CC. The van der Waals surface area contributed by atoms with Crippen molar-refractivity contribution in [2.45, 2.75) is 39.5 Å². The molecule has 2 heteroatoms. The molecule has 0 spiro atoms. The van der Waals surface area contributed by atoms with Gasteiger partial charge in [0.15, 0.2) is 0 Å². The van der Waals surface area contributed by atoms with Crippen molar-refractivity contribution >= 4 is 5.78 Å². The molecule has 0 heterocycles. The third-order valence-corrected chi connectivity index (χ3v) is 1.98. The first kappa shape index (κ1) is 11.6. The summed E-state index contributed by atoms with van der Waals surface area (Å²) in [6.45, 7) is 5.79. The molecule has 12 heavy (non-hydrogen) atoms. The van der Waals surface area contributed by atoms with Crippen molar-refractivity contribution in [3.63, 3.8) is 0 Å². The Kier molecular flexibility index (Phi) is 7.06. The summed E-state index contributed by atoms with van der Waals surface area (Å²) in [6, 6.07) is 0. The molecular weight excluding hydrogens is 150 g/mol. The van der Waals surface area contributed by atoms with Crippen LogP contribution in [-0.2, 0) is 4.79 Å². The van der Waals surface area contributed by atoms with E-state index < -0.39 is 0 Å². The molecule has 0 unspecified atom stereocenters. The van der Waals surface area contributed by atoms with E-state index in [0.717, 1.165) is 6.54 Å². The van der Waals surface area contributed by atoms with Gasteiger partial charge in [-0.25, -0.2) is 0 Å². The van der Waals surface area contributed by atoms with E-state index in [2.05, 4.69) is 11.8 Å². The van der Waals surface area contributed by atoms with E-state index in [0.29, 0.717) is 18.7 Å². The number of hydrogen-bond acceptors (Lipinski definition) is 2. The summed E-state index contributed by atoms with van der Waals surface area (Å²) in [6.07, 6.45) is 4.39. The van der Waals surface area contributed by atoms with Gasteiger partial charge in [-0.2, -0.15) is 0 Å². The molecule has 0 N–H and O–H groups in total. The van der Waals surface area contributed by atoms with Gasteiger partial charge in [-0.3, -0.25) is 9.69 Å². The number of carbonyl (C=O) groups excluding carboxylic acids is 1. The molecule has 0 aliphatic rings. The average Bonchev–Trinajstić information content (AvgIpc) is 2.05. The van der Waals surface area contributed by atoms with Crippen LogP contribution in [0.4, 0.5) is 0 Å². The Hall–Kier alpha value is -0.370. The van der Waals surface area contributed by atoms with Gasteiger partial charge in [0.2, 0.25) is 0 Å². The van der Waals surface area contributed by atoms with Gasteiger partial charge >= 0.3 is 0 Å². The van der Waals surface area contributed by atoms with Gasteiger partial charge in [0, 0.05) is 6.42 Å². The monoisotopic (exact) mass is 171 g/mol. The average molecular weight is 171 g/mol. The summed E-state index contributed by atoms with van der Waals surface area (Å²) in [5, 5.41) is 0. The number of nitrogens with zero attached hydrogens (tertiary/aromatic N) is 1. The van der Waals surface area contributed by atoms with Crippen LogP contribution in [0.15, 0.2) is 0 Å². The van der Waals surface area contributed by atoms with Crippen LogP contribution >= 0.6 is 0 Å². The van der Waals surface area contributed by atoms with Gasteiger partial charge in [-0.15, -0.1) is 0 Å². The zero-order chi connectivity index (χ0) is 9.40. The van der Waals surface area contributed by atoms with Crippen molar-refractivity contribution < 1.29 is 4.79 Å². The summed E-state index contributed by atoms with van der Waals surface area (Å²) in [5.41, 5.74) is 0. The largest absolute Gasteiger partial charge is 0.299 e. The lowest BCUT2D eigenvalue weighted by Gasteiger charge is -2.14. The fraction of sp³-hybridized carbons (Fsp3) is 0.900. The minimum Gasteiger partial charge on any atom is -0.299 e. The summed E-state index contributed by atoms with van der Waals surface area (Å²) < 4.78 is 0. The number of Topliss-reactive ketones (excluding diaryl/α,β-unsaturated/α-hetero) is 1. The molecular formula is C10H21NO. The highest BCUT2D eigenvalue weighted by Crippen LogP contribution is 1.96. The highest BCUT2D eigenvalue weighted by molar-refractivity contribution is 5.80. The van der Waals surface area contributed by atoms with E-state index in [4.69, 9.17) is 0 Å². The van der Waals surface area contributed by atoms with Gasteiger partial charge in [0.05, 0.1) is 6.54 Å². The summed E-state index contributed by atoms with van der Waals surface area (Å²) in [7, 11) is 2.02. The molecule has 0 saturated carbocycles. The molecule has 0 amide bonds. The first-order valence-corrected chi connectivity index (χ1v) is 4.91. The molecule has 2 nitrogen and oxygen atoms in total. The minimum atomic E-state index is 0.342. The van der Waals surface area contributed by atoms with Crippen molar-refractivity contribution in [1.29, 1.82) is 0 Å². The maximum Gasteiger partial charge on any atom is 0.146 e. The van der Waals surface area contributed by atoms with Crippen molar-refractivity contribution in [1.82, 2.24) is 4.90 Å². The van der Waals surface area contributed by atoms with E-state index in [9.17, 15) is 4.79 Å². The fourth-order valence-electron chi connectivity index (χ4n) is 1.12. The maximum atomic E-state index is 11.0. The van der Waals surface area contributed by atoms with Crippen LogP contribution in [0.5, 0.6) is 0 Å². The third kappa shape index (κ3) is 6.35. The Morgan fingerprint density at radius 3 is 2.42 bits per heavy atom. The Balaban J connectivity index is 3.32. The summed E-state index contributed by atoms with van der Waals surface area (Å²) in [5.74, 6) is 0.342. The van der Waals surface area contributed by atoms with Crippen LogP contribution in [0.3, 0.4) is 0 Å². The molecule has 0 aromatic rings. The van der Waals surface area contributed by atoms with Crippen molar-refractivity contribution in [2.24, 2.45) is 0 Å². The zero-order valence-corrected chi connectivity index (χ0v) is 8.60. The van der Waals surface area contributed by atoms with E-state index in [1.807, 2.05) is 14.0 Å². The molecule has 0 fully saturated rings. The molecule has 0 atom stereocenters. The second-order valence-electron chi connectivity index (χ2n) is 3.34. The first-order chi connectivity index (χ1) is 5.70. The molecule has 0 bridgehead atoms. The Labute approximate surface area is 75.9 Å². The van der Waals surface area contributed by atoms with Crippen LogP contribution in [-0.4, -0.2) is 30.8 Å². The number of carbonyl (C=O) groups is 1. The predicted molar refractivity (Wildman–Crippen MR) is 52.3 cm³/mol. The summed E-state index contributed by atoms with van der Waals surface area (Å²) >= 11 is 0. The topological polar surface area (TPSA) is 20.3 Å². The number of hydrogen-bond donors (Lipinski definition) is 0. The van der Waals surface area contributed by atoms with E-state index in [-0.39, 0.29) is 0 Å². The molecule has 0 aliphatic carbocycles. The molecule has 0 aromatic carbocycles. The minimum absolute atomic E-state index is 0.342. The number of rotatable bonds is 7. The number of ketones is 1. The molecule has 72 valence electrons. The maximum absolute atomic E-state index is 11.0. The fourth-order valence-corrected chi connectivity index (χ4v) is 1.12. The van der Waals surface area contributed by atoms with Crippen LogP contribution in [0.25, 0.3) is 0 Å². The lowest BCUT2D eigenvalue weighted by atomic mass is 10.2. The first-order valence-electron chi connectivity index (χ1n) is 4.91. The quantitative estimate of drug-likeness (QED) is 0.547. The van der Waals surface area contributed by atoms with Crippen molar-refractivity contribution in [3.8, 4) is 0 Å². The van der Waals surface area contributed by atoms with Crippen LogP contribution in [0.2, 0.25) is 0 Å². The normalized spacial score (nSPS) is 10.7. The highest BCUT2D eigenvalue weighted by Gasteiger charge is 2.02. The molecule has 0 rings (SSSR count). The van der Waals surface area contributed by atoms with Gasteiger partial charge in [0.1, 0.15) is 5.78 Å². The van der Waals surface area contributed by atoms with Gasteiger partial charge < -0.3 is 0 Å². The lowest BCUT2D eigenvalue weighted by molar-refractivity contribution is -0.119. The Bertz CT molecular complexity index is 123. The standard InChI is InChI=1S/C10H21NO/c1-4-6-7-8-11(3)9-10(12)5-2/h4-9H2,1-3H3. The Morgan fingerprint density at radius 2 is 1.92 bits per heavy atom. The molecule has 0 aromatic heterocycles. The highest BCUT2D eigenvalue weighted by atomic mass is 16.1. The van der Waals surface area contributed by atoms with Crippen LogP contribution in [0, 0.1) is 0 Å². The van der Waals surface area contributed by atoms with Crippen LogP contribution in [0.1, 0.15) is 39.5 Å². The van der Waals surface area contributed by atoms with Gasteiger partial charge in [-0.1, -0.05) is 26.7 Å². The van der Waals surface area contributed by atoms with Crippen LogP contribution < -0.4 is 0 Å². The molecule has 0 aliphatic heterocycles. The van der Waals surface area contributed by atoms with Gasteiger partial charge in [0.25, 0.3) is 0 Å². The summed E-state index contributed by atoms with van der Waals surface area (Å²) in [4.78, 5) is 13.1.